The lowest BCUT2D eigenvalue weighted by molar-refractivity contribution is -0.596. The average molecular weight is 384 g/mol. The minimum absolute atomic E-state index is 0.244. The third-order valence-electron chi connectivity index (χ3n) is 4.97. The third kappa shape index (κ3) is 4.09. The Morgan fingerprint density at radius 1 is 0.931 bits per heavy atom. The fourth-order valence-corrected chi connectivity index (χ4v) is 3.46. The number of hydrazone groups is 1. The van der Waals surface area contributed by atoms with E-state index >= 15 is 0 Å². The number of hydrogen-bond donors (Lipinski definition) is 2. The molecular formula is C24H22N3O2+. The molecule has 144 valence electrons. The maximum absolute atomic E-state index is 12.8. The molecule has 5 heteroatoms. The van der Waals surface area contributed by atoms with Gasteiger partial charge >= 0.3 is 5.91 Å². The van der Waals surface area contributed by atoms with Crippen molar-refractivity contribution in [3.8, 4) is 0 Å². The van der Waals surface area contributed by atoms with Gasteiger partial charge in [-0.2, -0.15) is 0 Å². The van der Waals surface area contributed by atoms with E-state index in [0.29, 0.717) is 5.56 Å². The SMILES string of the molecule is Cc1ccc(/C=[N+]2\NC(=O)[C@H](NC(=O)c3ccccc3)[C@@H]2c2ccccc2)cc1. The van der Waals surface area contributed by atoms with Crippen LogP contribution in [0.25, 0.3) is 0 Å². The molecule has 1 aliphatic heterocycles. The lowest BCUT2D eigenvalue weighted by Gasteiger charge is -2.14. The van der Waals surface area contributed by atoms with E-state index in [1.54, 1.807) is 28.9 Å². The predicted octanol–water partition coefficient (Wildman–Crippen LogP) is 3.01. The molecular weight excluding hydrogens is 362 g/mol. The molecule has 0 aromatic heterocycles. The van der Waals surface area contributed by atoms with Crippen LogP contribution in [-0.4, -0.2) is 28.8 Å². The standard InChI is InChI=1S/C24H21N3O2/c1-17-12-14-18(15-13-17)16-27-22(19-8-4-2-5-9-19)21(24(29)26-27)25-23(28)20-10-6-3-7-11-20/h2-16,21-22H,1H3,(H-,25,26,28,29)/p+1/b27-16-/t21-,22+/m1/s1. The highest BCUT2D eigenvalue weighted by Gasteiger charge is 2.47. The number of nitrogens with zero attached hydrogens (tertiary/aromatic N) is 1. The van der Waals surface area contributed by atoms with E-state index in [1.807, 2.05) is 73.8 Å². The molecule has 3 aromatic rings. The van der Waals surface area contributed by atoms with Gasteiger partial charge in [0.2, 0.25) is 12.3 Å². The summed E-state index contributed by atoms with van der Waals surface area (Å²) in [6.45, 7) is 2.03. The van der Waals surface area contributed by atoms with Gasteiger partial charge < -0.3 is 5.32 Å². The van der Waals surface area contributed by atoms with Gasteiger partial charge in [0.1, 0.15) is 0 Å². The Hall–Kier alpha value is -3.73. The summed E-state index contributed by atoms with van der Waals surface area (Å²) in [6, 6.07) is 25.6. The zero-order valence-corrected chi connectivity index (χ0v) is 16.1. The van der Waals surface area contributed by atoms with Gasteiger partial charge in [-0.15, -0.1) is 10.1 Å². The minimum atomic E-state index is -0.716. The van der Waals surface area contributed by atoms with Crippen LogP contribution in [0, 0.1) is 6.92 Å². The van der Waals surface area contributed by atoms with Gasteiger partial charge in [-0.1, -0.05) is 66.2 Å². The molecule has 29 heavy (non-hydrogen) atoms. The summed E-state index contributed by atoms with van der Waals surface area (Å²) in [7, 11) is 0. The van der Waals surface area contributed by atoms with E-state index < -0.39 is 6.04 Å². The largest absolute Gasteiger partial charge is 0.334 e. The number of nitrogens with one attached hydrogen (secondary N) is 2. The second-order valence-corrected chi connectivity index (χ2v) is 7.10. The molecule has 1 aliphatic rings. The van der Waals surface area contributed by atoms with Crippen LogP contribution in [0.5, 0.6) is 0 Å². The van der Waals surface area contributed by atoms with Gasteiger partial charge in [-0.25, -0.2) is 0 Å². The molecule has 3 aromatic carbocycles. The van der Waals surface area contributed by atoms with Crippen molar-refractivity contribution < 1.29 is 14.3 Å². The maximum atomic E-state index is 12.8. The van der Waals surface area contributed by atoms with Crippen LogP contribution in [0.3, 0.4) is 0 Å². The van der Waals surface area contributed by atoms with Gasteiger partial charge in [-0.05, 0) is 31.2 Å². The van der Waals surface area contributed by atoms with E-state index in [1.165, 1.54) is 5.56 Å². The monoisotopic (exact) mass is 384 g/mol. The van der Waals surface area contributed by atoms with E-state index in [0.717, 1.165) is 11.1 Å². The van der Waals surface area contributed by atoms with Gasteiger partial charge in [0.25, 0.3) is 5.91 Å². The first-order chi connectivity index (χ1) is 14.1. The number of hydrogen-bond acceptors (Lipinski definition) is 2. The number of benzene rings is 3. The zero-order chi connectivity index (χ0) is 20.2. The van der Waals surface area contributed by atoms with Gasteiger partial charge in [0.05, 0.1) is 0 Å². The van der Waals surface area contributed by atoms with E-state index in [4.69, 9.17) is 0 Å². The Morgan fingerprint density at radius 2 is 1.55 bits per heavy atom. The fourth-order valence-electron chi connectivity index (χ4n) is 3.46. The van der Waals surface area contributed by atoms with Crippen molar-refractivity contribution in [3.63, 3.8) is 0 Å². The van der Waals surface area contributed by atoms with Gasteiger partial charge in [0.15, 0.2) is 6.04 Å². The predicted molar refractivity (Wildman–Crippen MR) is 112 cm³/mol. The van der Waals surface area contributed by atoms with Crippen molar-refractivity contribution in [1.82, 2.24) is 10.7 Å². The summed E-state index contributed by atoms with van der Waals surface area (Å²) in [5.74, 6) is -0.518. The molecule has 2 amide bonds. The molecule has 0 bridgehead atoms. The molecule has 0 radical (unpaired) electrons. The fraction of sp³-hybridized carbons (Fsp3) is 0.125. The van der Waals surface area contributed by atoms with Crippen LogP contribution >= 0.6 is 0 Å². The summed E-state index contributed by atoms with van der Waals surface area (Å²) in [5, 5.41) is 2.91. The van der Waals surface area contributed by atoms with E-state index in [2.05, 4.69) is 10.7 Å². The van der Waals surface area contributed by atoms with Crippen molar-refractivity contribution in [1.29, 1.82) is 0 Å². The Kier molecular flexibility index (Phi) is 5.20. The van der Waals surface area contributed by atoms with Crippen LogP contribution in [0.4, 0.5) is 0 Å². The van der Waals surface area contributed by atoms with Crippen LogP contribution in [0.1, 0.15) is 33.1 Å². The van der Waals surface area contributed by atoms with E-state index in [9.17, 15) is 9.59 Å². The Labute approximate surface area is 169 Å². The first kappa shape index (κ1) is 18.6. The average Bonchev–Trinajstić information content (AvgIpc) is 3.05. The molecule has 0 saturated carbocycles. The molecule has 0 spiro atoms. The number of amides is 2. The highest BCUT2D eigenvalue weighted by Crippen LogP contribution is 2.25. The molecule has 1 saturated heterocycles. The molecule has 4 rings (SSSR count). The lowest BCUT2D eigenvalue weighted by atomic mass is 10.00. The second kappa shape index (κ2) is 8.10. The zero-order valence-electron chi connectivity index (χ0n) is 16.1. The summed E-state index contributed by atoms with van der Waals surface area (Å²) in [4.78, 5) is 25.5. The van der Waals surface area contributed by atoms with Gasteiger partial charge in [0, 0.05) is 16.7 Å². The summed E-state index contributed by atoms with van der Waals surface area (Å²) in [5.41, 5.74) is 6.49. The molecule has 0 unspecified atom stereocenters. The molecule has 0 aliphatic carbocycles. The van der Waals surface area contributed by atoms with Crippen molar-refractivity contribution in [2.75, 3.05) is 0 Å². The van der Waals surface area contributed by atoms with Crippen LogP contribution < -0.4 is 10.7 Å². The molecule has 1 heterocycles. The van der Waals surface area contributed by atoms with Crippen molar-refractivity contribution in [3.05, 3.63) is 107 Å². The normalized spacial score (nSPS) is 19.8. The summed E-state index contributed by atoms with van der Waals surface area (Å²) in [6.07, 6.45) is 1.89. The topological polar surface area (TPSA) is 61.2 Å². The Bertz CT molecular complexity index is 1040. The number of rotatable bonds is 4. The number of hydrazine groups is 1. The molecule has 2 N–H and O–H groups in total. The summed E-state index contributed by atoms with van der Waals surface area (Å²) >= 11 is 0. The lowest BCUT2D eigenvalue weighted by Crippen LogP contribution is -2.42. The van der Waals surface area contributed by atoms with Crippen LogP contribution in [0.2, 0.25) is 0 Å². The van der Waals surface area contributed by atoms with Gasteiger partial charge in [-0.3, -0.25) is 9.59 Å². The smallest absolute Gasteiger partial charge is 0.304 e. The van der Waals surface area contributed by atoms with Crippen molar-refractivity contribution >= 4 is 18.0 Å². The van der Waals surface area contributed by atoms with Crippen molar-refractivity contribution in [2.24, 2.45) is 0 Å². The highest BCUT2D eigenvalue weighted by molar-refractivity contribution is 5.98. The molecule has 1 fully saturated rings. The first-order valence-electron chi connectivity index (χ1n) is 9.53. The number of carbonyl (C=O) groups excluding carboxylic acids is 2. The Morgan fingerprint density at radius 3 is 2.21 bits per heavy atom. The number of carbonyl (C=O) groups is 2. The second-order valence-electron chi connectivity index (χ2n) is 7.10. The van der Waals surface area contributed by atoms with Crippen LogP contribution in [0.15, 0.2) is 84.9 Å². The quantitative estimate of drug-likeness (QED) is 0.680. The molecule has 2 atom stereocenters. The highest BCUT2D eigenvalue weighted by atomic mass is 16.2. The third-order valence-corrected chi connectivity index (χ3v) is 4.97. The summed E-state index contributed by atoms with van der Waals surface area (Å²) < 4.78 is 1.78. The minimum Gasteiger partial charge on any atom is -0.334 e. The van der Waals surface area contributed by atoms with E-state index in [-0.39, 0.29) is 17.9 Å². The molecule has 5 nitrogen and oxygen atoms in total. The first-order valence-corrected chi connectivity index (χ1v) is 9.53. The maximum Gasteiger partial charge on any atom is 0.304 e. The van der Waals surface area contributed by atoms with Crippen molar-refractivity contribution in [2.45, 2.75) is 19.0 Å². The Balaban J connectivity index is 1.69. The van der Waals surface area contributed by atoms with Crippen LogP contribution in [-0.2, 0) is 4.79 Å². The number of aryl methyl sites for hydroxylation is 1.